The fourth-order valence-electron chi connectivity index (χ4n) is 2.85. The minimum atomic E-state index is -0.236. The number of carbonyl (C=O) groups excluding carboxylic acids is 3. The van der Waals surface area contributed by atoms with Crippen molar-refractivity contribution in [2.75, 3.05) is 25.5 Å². The van der Waals surface area contributed by atoms with Gasteiger partial charge in [-0.15, -0.1) is 0 Å². The number of likely N-dealkylation sites (N-methyl/N-ethyl adjacent to an activating group) is 1. The fraction of sp³-hybridized carbons (Fsp3) is 0.286. The van der Waals surface area contributed by atoms with E-state index in [-0.39, 0.29) is 30.7 Å². The van der Waals surface area contributed by atoms with E-state index in [0.717, 1.165) is 17.7 Å². The van der Waals surface area contributed by atoms with Crippen molar-refractivity contribution in [1.29, 1.82) is 0 Å². The van der Waals surface area contributed by atoms with Crippen LogP contribution >= 0.6 is 0 Å². The molecule has 0 aliphatic heterocycles. The Labute approximate surface area is 158 Å². The number of hydrogen-bond donors (Lipinski definition) is 3. The molecule has 0 radical (unpaired) electrons. The number of rotatable bonds is 8. The van der Waals surface area contributed by atoms with Crippen LogP contribution in [0, 0.1) is 0 Å². The molecule has 3 rings (SSSR count). The lowest BCUT2D eigenvalue weighted by molar-refractivity contribution is -0.862. The third-order valence-electron chi connectivity index (χ3n) is 4.35. The first-order chi connectivity index (χ1) is 13.0. The summed E-state index contributed by atoms with van der Waals surface area (Å²) in [5.41, 5.74) is 1.49. The van der Waals surface area contributed by atoms with Crippen molar-refractivity contribution >= 4 is 23.3 Å². The second-order valence-corrected chi connectivity index (χ2v) is 6.94. The Morgan fingerprint density at radius 2 is 1.56 bits per heavy atom. The van der Waals surface area contributed by atoms with E-state index < -0.39 is 0 Å². The van der Waals surface area contributed by atoms with Crippen LogP contribution in [0.15, 0.2) is 54.6 Å². The van der Waals surface area contributed by atoms with Crippen molar-refractivity contribution in [1.82, 2.24) is 5.32 Å². The molecule has 0 saturated heterocycles. The first kappa shape index (κ1) is 18.8. The summed E-state index contributed by atoms with van der Waals surface area (Å²) >= 11 is 0. The van der Waals surface area contributed by atoms with Gasteiger partial charge in [0.15, 0.2) is 18.9 Å². The SMILES string of the molecule is C[NH+](CC(=O)Nc1ccccc1C(=O)c1ccccc1)CC(=O)NC1CC1. The van der Waals surface area contributed by atoms with Crippen molar-refractivity contribution < 1.29 is 19.3 Å². The topological polar surface area (TPSA) is 79.7 Å². The van der Waals surface area contributed by atoms with E-state index in [4.69, 9.17) is 0 Å². The number of ketones is 1. The Morgan fingerprint density at radius 3 is 2.26 bits per heavy atom. The summed E-state index contributed by atoms with van der Waals surface area (Å²) in [6.45, 7) is 0.389. The number of para-hydroxylation sites is 1. The number of hydrogen-bond acceptors (Lipinski definition) is 3. The Balaban J connectivity index is 1.60. The predicted octanol–water partition coefficient (Wildman–Crippen LogP) is 0.649. The van der Waals surface area contributed by atoms with Crippen LogP contribution in [-0.2, 0) is 9.59 Å². The molecule has 1 aliphatic carbocycles. The van der Waals surface area contributed by atoms with E-state index in [1.165, 1.54) is 0 Å². The lowest BCUT2D eigenvalue weighted by Crippen LogP contribution is -3.11. The molecule has 1 saturated carbocycles. The summed E-state index contributed by atoms with van der Waals surface area (Å²) in [7, 11) is 1.80. The van der Waals surface area contributed by atoms with Crippen LogP contribution in [-0.4, -0.2) is 43.8 Å². The highest BCUT2D eigenvalue weighted by Crippen LogP contribution is 2.19. The highest BCUT2D eigenvalue weighted by Gasteiger charge is 2.25. The second-order valence-electron chi connectivity index (χ2n) is 6.94. The van der Waals surface area contributed by atoms with Gasteiger partial charge in [0.05, 0.1) is 12.7 Å². The minimum Gasteiger partial charge on any atom is -0.348 e. The minimum absolute atomic E-state index is 0.0394. The highest BCUT2D eigenvalue weighted by molar-refractivity contribution is 6.13. The van der Waals surface area contributed by atoms with Crippen molar-refractivity contribution in [2.24, 2.45) is 0 Å². The van der Waals surface area contributed by atoms with Crippen LogP contribution in [0.4, 0.5) is 5.69 Å². The number of carbonyl (C=O) groups is 3. The van der Waals surface area contributed by atoms with Gasteiger partial charge in [0, 0.05) is 17.2 Å². The molecule has 1 fully saturated rings. The third-order valence-corrected chi connectivity index (χ3v) is 4.35. The molecule has 0 heterocycles. The summed E-state index contributed by atoms with van der Waals surface area (Å²) < 4.78 is 0. The number of quaternary nitrogens is 1. The van der Waals surface area contributed by atoms with Gasteiger partial charge < -0.3 is 15.5 Å². The number of benzene rings is 2. The zero-order valence-electron chi connectivity index (χ0n) is 15.3. The zero-order chi connectivity index (χ0) is 19.2. The first-order valence-electron chi connectivity index (χ1n) is 9.12. The summed E-state index contributed by atoms with van der Waals surface area (Å²) in [6.07, 6.45) is 2.08. The second kappa shape index (κ2) is 8.60. The number of anilines is 1. The maximum absolute atomic E-state index is 12.7. The van der Waals surface area contributed by atoms with Crippen molar-refractivity contribution in [3.8, 4) is 0 Å². The quantitative estimate of drug-likeness (QED) is 0.600. The average molecular weight is 366 g/mol. The molecule has 1 unspecified atom stereocenters. The van der Waals surface area contributed by atoms with E-state index >= 15 is 0 Å². The summed E-state index contributed by atoms with van der Waals surface area (Å²) in [5, 5.41) is 5.72. The van der Waals surface area contributed by atoms with E-state index in [1.807, 2.05) is 6.07 Å². The summed E-state index contributed by atoms with van der Waals surface area (Å²) in [4.78, 5) is 37.7. The van der Waals surface area contributed by atoms with E-state index in [1.54, 1.807) is 55.6 Å². The van der Waals surface area contributed by atoms with Crippen molar-refractivity contribution in [3.63, 3.8) is 0 Å². The van der Waals surface area contributed by atoms with Gasteiger partial charge in [0.1, 0.15) is 0 Å². The lowest BCUT2D eigenvalue weighted by atomic mass is 10.0. The Kier molecular flexibility index (Phi) is 5.98. The van der Waals surface area contributed by atoms with Crippen molar-refractivity contribution in [3.05, 3.63) is 65.7 Å². The Bertz CT molecular complexity index is 832. The van der Waals surface area contributed by atoms with E-state index in [0.29, 0.717) is 22.9 Å². The Morgan fingerprint density at radius 1 is 0.926 bits per heavy atom. The molecule has 1 aliphatic rings. The van der Waals surface area contributed by atoms with Gasteiger partial charge in [-0.05, 0) is 25.0 Å². The highest BCUT2D eigenvalue weighted by atomic mass is 16.2. The molecule has 2 amide bonds. The van der Waals surface area contributed by atoms with Crippen molar-refractivity contribution in [2.45, 2.75) is 18.9 Å². The molecule has 2 aromatic carbocycles. The lowest BCUT2D eigenvalue weighted by Gasteiger charge is -2.15. The van der Waals surface area contributed by atoms with Crippen LogP contribution in [0.1, 0.15) is 28.8 Å². The molecular weight excluding hydrogens is 342 g/mol. The van der Waals surface area contributed by atoms with Gasteiger partial charge in [-0.25, -0.2) is 0 Å². The molecule has 0 aromatic heterocycles. The predicted molar refractivity (Wildman–Crippen MR) is 103 cm³/mol. The standard InChI is InChI=1S/C21H23N3O3/c1-24(13-19(25)22-16-11-12-16)14-20(26)23-18-10-6-5-9-17(18)21(27)15-7-3-2-4-8-15/h2-10,16H,11-14H2,1H3,(H,22,25)(H,23,26)/p+1. The van der Waals surface area contributed by atoms with E-state index in [9.17, 15) is 14.4 Å². The van der Waals surface area contributed by atoms with Gasteiger partial charge in [-0.2, -0.15) is 0 Å². The molecule has 6 heteroatoms. The molecule has 2 aromatic rings. The molecule has 1 atom stereocenters. The fourth-order valence-corrected chi connectivity index (χ4v) is 2.85. The van der Waals surface area contributed by atoms with Crippen LogP contribution < -0.4 is 15.5 Å². The molecule has 0 spiro atoms. The zero-order valence-corrected chi connectivity index (χ0v) is 15.3. The maximum atomic E-state index is 12.7. The normalized spacial score (nSPS) is 14.3. The van der Waals surface area contributed by atoms with Gasteiger partial charge in [-0.3, -0.25) is 14.4 Å². The van der Waals surface area contributed by atoms with Gasteiger partial charge in [0.2, 0.25) is 0 Å². The third kappa shape index (κ3) is 5.49. The van der Waals surface area contributed by atoms with Crippen LogP contribution in [0.5, 0.6) is 0 Å². The summed E-state index contributed by atoms with van der Waals surface area (Å²) in [5.74, 6) is -0.418. The molecule has 3 N–H and O–H groups in total. The smallest absolute Gasteiger partial charge is 0.279 e. The van der Waals surface area contributed by atoms with Gasteiger partial charge >= 0.3 is 0 Å². The molecule has 27 heavy (non-hydrogen) atoms. The van der Waals surface area contributed by atoms with Crippen LogP contribution in [0.2, 0.25) is 0 Å². The summed E-state index contributed by atoms with van der Waals surface area (Å²) in [6, 6.07) is 16.2. The monoisotopic (exact) mass is 366 g/mol. The van der Waals surface area contributed by atoms with Gasteiger partial charge in [-0.1, -0.05) is 42.5 Å². The molecule has 0 bridgehead atoms. The van der Waals surface area contributed by atoms with Crippen LogP contribution in [0.25, 0.3) is 0 Å². The molecule has 140 valence electrons. The Hall–Kier alpha value is -2.99. The average Bonchev–Trinajstić information content (AvgIpc) is 3.45. The number of nitrogens with one attached hydrogen (secondary N) is 3. The largest absolute Gasteiger partial charge is 0.348 e. The van der Waals surface area contributed by atoms with Gasteiger partial charge in [0.25, 0.3) is 11.8 Å². The molecular formula is C21H24N3O3+. The van der Waals surface area contributed by atoms with E-state index in [2.05, 4.69) is 10.6 Å². The van der Waals surface area contributed by atoms with Crippen LogP contribution in [0.3, 0.4) is 0 Å². The maximum Gasteiger partial charge on any atom is 0.279 e. The molecule has 6 nitrogen and oxygen atoms in total. The first-order valence-corrected chi connectivity index (χ1v) is 9.12. The number of amides is 2.